The molecule has 0 bridgehead atoms. The molecule has 2 N–H and O–H groups in total. The lowest BCUT2D eigenvalue weighted by atomic mass is 10.1. The Morgan fingerprint density at radius 2 is 1.62 bits per heavy atom. The van der Waals surface area contributed by atoms with Gasteiger partial charge in [-0.3, -0.25) is 14.4 Å². The van der Waals surface area contributed by atoms with Gasteiger partial charge in [0.15, 0.2) is 0 Å². The molecule has 0 atom stereocenters. The number of nitrogens with one attached hydrogen (secondary N) is 2. The number of carbonyl (C=O) groups excluding carboxylic acids is 3. The molecule has 0 aliphatic rings. The molecule has 0 spiro atoms. The van der Waals surface area contributed by atoms with Crippen LogP contribution in [0.25, 0.3) is 0 Å². The van der Waals surface area contributed by atoms with Crippen LogP contribution in [-0.2, 0) is 14.3 Å². The van der Waals surface area contributed by atoms with E-state index in [0.29, 0.717) is 18.5 Å². The minimum absolute atomic E-state index is 0.0476. The van der Waals surface area contributed by atoms with Crippen LogP contribution in [-0.4, -0.2) is 38.0 Å². The number of hydrogen-bond donors (Lipinski definition) is 2. The van der Waals surface area contributed by atoms with E-state index in [0.717, 1.165) is 30.4 Å². The van der Waals surface area contributed by atoms with Crippen molar-refractivity contribution in [2.24, 2.45) is 0 Å². The molecule has 0 saturated carbocycles. The van der Waals surface area contributed by atoms with Crippen LogP contribution in [0.1, 0.15) is 47.2 Å². The first-order valence-electron chi connectivity index (χ1n) is 8.12. The lowest BCUT2D eigenvalue weighted by Crippen LogP contribution is -2.37. The van der Waals surface area contributed by atoms with E-state index in [4.69, 9.17) is 0 Å². The topological polar surface area (TPSA) is 84.5 Å². The zero-order chi connectivity index (χ0) is 17.9. The largest absolute Gasteiger partial charge is 0.469 e. The SMILES string of the molecule is COC(=O)CCCCCNC(=O)CNC(=O)c1cc(C)cc(C)c1. The molecule has 6 nitrogen and oxygen atoms in total. The molecule has 0 aromatic heterocycles. The Kier molecular flexibility index (Phi) is 8.54. The van der Waals surface area contributed by atoms with Gasteiger partial charge in [0.1, 0.15) is 0 Å². The lowest BCUT2D eigenvalue weighted by Gasteiger charge is -2.08. The number of aryl methyl sites for hydroxylation is 2. The molecular formula is C18H26N2O4. The standard InChI is InChI=1S/C18H26N2O4/c1-13-9-14(2)11-15(10-13)18(23)20-12-16(21)19-8-6-4-5-7-17(22)24-3/h9-11H,4-8,12H2,1-3H3,(H,19,21)(H,20,23). The van der Waals surface area contributed by atoms with Crippen LogP contribution in [0.4, 0.5) is 0 Å². The maximum absolute atomic E-state index is 12.0. The number of methoxy groups -OCH3 is 1. The van der Waals surface area contributed by atoms with Crippen molar-refractivity contribution in [1.82, 2.24) is 10.6 Å². The van der Waals surface area contributed by atoms with Crippen molar-refractivity contribution >= 4 is 17.8 Å². The van der Waals surface area contributed by atoms with Crippen molar-refractivity contribution in [3.63, 3.8) is 0 Å². The number of unbranched alkanes of at least 4 members (excludes halogenated alkanes) is 2. The second-order valence-corrected chi connectivity index (χ2v) is 5.80. The van der Waals surface area contributed by atoms with Gasteiger partial charge in [-0.1, -0.05) is 23.6 Å². The molecule has 132 valence electrons. The van der Waals surface area contributed by atoms with E-state index >= 15 is 0 Å². The Balaban J connectivity index is 2.19. The summed E-state index contributed by atoms with van der Waals surface area (Å²) in [5.74, 6) is -0.691. The van der Waals surface area contributed by atoms with Gasteiger partial charge in [-0.2, -0.15) is 0 Å². The summed E-state index contributed by atoms with van der Waals surface area (Å²) in [6.45, 7) is 4.33. The van der Waals surface area contributed by atoms with Crippen molar-refractivity contribution in [1.29, 1.82) is 0 Å². The number of ether oxygens (including phenoxy) is 1. The van der Waals surface area contributed by atoms with Crippen molar-refractivity contribution in [2.45, 2.75) is 39.5 Å². The first-order valence-corrected chi connectivity index (χ1v) is 8.12. The summed E-state index contributed by atoms with van der Waals surface area (Å²) in [4.78, 5) is 34.7. The van der Waals surface area contributed by atoms with E-state index in [1.54, 1.807) is 12.1 Å². The number of rotatable bonds is 9. The molecule has 6 heteroatoms. The quantitative estimate of drug-likeness (QED) is 0.533. The Bertz CT molecular complexity index is 564. The fourth-order valence-electron chi connectivity index (χ4n) is 2.33. The highest BCUT2D eigenvalue weighted by molar-refractivity contribution is 5.96. The number of carbonyl (C=O) groups is 3. The highest BCUT2D eigenvalue weighted by atomic mass is 16.5. The molecule has 0 radical (unpaired) electrons. The predicted molar refractivity (Wildman–Crippen MR) is 91.7 cm³/mol. The van der Waals surface area contributed by atoms with Gasteiger partial charge >= 0.3 is 5.97 Å². The van der Waals surface area contributed by atoms with Crippen LogP contribution >= 0.6 is 0 Å². The van der Waals surface area contributed by atoms with Gasteiger partial charge in [-0.25, -0.2) is 0 Å². The summed E-state index contributed by atoms with van der Waals surface area (Å²) < 4.78 is 4.55. The Morgan fingerprint density at radius 3 is 2.25 bits per heavy atom. The van der Waals surface area contributed by atoms with Gasteiger partial charge in [0, 0.05) is 18.5 Å². The van der Waals surface area contributed by atoms with Gasteiger partial charge in [0.25, 0.3) is 5.91 Å². The average molecular weight is 334 g/mol. The first-order chi connectivity index (χ1) is 11.4. The van der Waals surface area contributed by atoms with Gasteiger partial charge < -0.3 is 15.4 Å². The van der Waals surface area contributed by atoms with Crippen molar-refractivity contribution in [2.75, 3.05) is 20.2 Å². The molecule has 0 heterocycles. The van der Waals surface area contributed by atoms with Crippen molar-refractivity contribution < 1.29 is 19.1 Å². The van der Waals surface area contributed by atoms with E-state index in [2.05, 4.69) is 15.4 Å². The van der Waals surface area contributed by atoms with Crippen LogP contribution in [0.3, 0.4) is 0 Å². The Hall–Kier alpha value is -2.37. The third-order valence-corrected chi connectivity index (χ3v) is 3.50. The average Bonchev–Trinajstić information content (AvgIpc) is 2.54. The summed E-state index contributed by atoms with van der Waals surface area (Å²) >= 11 is 0. The monoisotopic (exact) mass is 334 g/mol. The predicted octanol–water partition coefficient (Wildman–Crippen LogP) is 1.88. The van der Waals surface area contributed by atoms with Crippen molar-refractivity contribution in [3.8, 4) is 0 Å². The van der Waals surface area contributed by atoms with Gasteiger partial charge in [-0.15, -0.1) is 0 Å². The molecule has 0 aliphatic heterocycles. The molecule has 1 aromatic rings. The zero-order valence-corrected chi connectivity index (χ0v) is 14.6. The molecule has 1 rings (SSSR count). The highest BCUT2D eigenvalue weighted by Crippen LogP contribution is 2.08. The molecule has 2 amide bonds. The lowest BCUT2D eigenvalue weighted by molar-refractivity contribution is -0.140. The Labute approximate surface area is 143 Å². The van der Waals surface area contributed by atoms with E-state index in [1.165, 1.54) is 7.11 Å². The highest BCUT2D eigenvalue weighted by Gasteiger charge is 2.08. The maximum Gasteiger partial charge on any atom is 0.305 e. The van der Waals surface area contributed by atoms with Crippen molar-refractivity contribution in [3.05, 3.63) is 34.9 Å². The summed E-state index contributed by atoms with van der Waals surface area (Å²) in [6.07, 6.45) is 2.76. The van der Waals surface area contributed by atoms with Crippen LogP contribution in [0.5, 0.6) is 0 Å². The van der Waals surface area contributed by atoms with Crippen LogP contribution in [0.15, 0.2) is 18.2 Å². The van der Waals surface area contributed by atoms with Gasteiger partial charge in [-0.05, 0) is 38.8 Å². The minimum Gasteiger partial charge on any atom is -0.469 e. The number of benzene rings is 1. The molecule has 0 unspecified atom stereocenters. The first kappa shape index (κ1) is 19.7. The summed E-state index contributed by atoms with van der Waals surface area (Å²) in [6, 6.07) is 5.58. The molecular weight excluding hydrogens is 308 g/mol. The maximum atomic E-state index is 12.0. The summed E-state index contributed by atoms with van der Waals surface area (Å²) in [7, 11) is 1.37. The van der Waals surface area contributed by atoms with E-state index in [1.807, 2.05) is 19.9 Å². The van der Waals surface area contributed by atoms with E-state index in [9.17, 15) is 14.4 Å². The molecule has 24 heavy (non-hydrogen) atoms. The minimum atomic E-state index is -0.255. The summed E-state index contributed by atoms with van der Waals surface area (Å²) in [5.41, 5.74) is 2.58. The van der Waals surface area contributed by atoms with Crippen LogP contribution < -0.4 is 10.6 Å². The third-order valence-electron chi connectivity index (χ3n) is 3.50. The fraction of sp³-hybridized carbons (Fsp3) is 0.500. The molecule has 1 aromatic carbocycles. The number of esters is 1. The van der Waals surface area contributed by atoms with Crippen LogP contribution in [0.2, 0.25) is 0 Å². The van der Waals surface area contributed by atoms with E-state index in [-0.39, 0.29) is 24.3 Å². The second kappa shape index (κ2) is 10.4. The zero-order valence-electron chi connectivity index (χ0n) is 14.6. The number of hydrogen-bond acceptors (Lipinski definition) is 4. The molecule has 0 aliphatic carbocycles. The van der Waals surface area contributed by atoms with Gasteiger partial charge in [0.2, 0.25) is 5.91 Å². The smallest absolute Gasteiger partial charge is 0.305 e. The molecule has 0 fully saturated rings. The molecule has 0 saturated heterocycles. The fourth-order valence-corrected chi connectivity index (χ4v) is 2.33. The van der Waals surface area contributed by atoms with E-state index < -0.39 is 0 Å². The van der Waals surface area contributed by atoms with Gasteiger partial charge in [0.05, 0.1) is 13.7 Å². The Morgan fingerprint density at radius 1 is 0.958 bits per heavy atom. The summed E-state index contributed by atoms with van der Waals surface area (Å²) in [5, 5.41) is 5.36. The normalized spacial score (nSPS) is 10.1. The number of amides is 2. The van der Waals surface area contributed by atoms with Crippen LogP contribution in [0, 0.1) is 13.8 Å². The third kappa shape index (κ3) is 7.76. The second-order valence-electron chi connectivity index (χ2n) is 5.80.